The van der Waals surface area contributed by atoms with Gasteiger partial charge in [-0.25, -0.2) is 9.97 Å². The summed E-state index contributed by atoms with van der Waals surface area (Å²) in [6.45, 7) is 4.92. The lowest BCUT2D eigenvalue weighted by Gasteiger charge is -2.18. The molecule has 0 bridgehead atoms. The fraction of sp³-hybridized carbons (Fsp3) is 0.0526. The molecule has 1 aliphatic heterocycles. The molecule has 0 aliphatic carbocycles. The van der Waals surface area contributed by atoms with Gasteiger partial charge in [-0.3, -0.25) is 0 Å². The molecule has 1 aliphatic rings. The van der Waals surface area contributed by atoms with Crippen LogP contribution >= 0.6 is 0 Å². The first-order chi connectivity index (χ1) is 20.1. The van der Waals surface area contributed by atoms with Crippen LogP contribution < -0.4 is 10.4 Å². The lowest BCUT2D eigenvalue weighted by atomic mass is 9.98. The molecule has 0 spiro atoms. The van der Waals surface area contributed by atoms with Gasteiger partial charge in [0.05, 0.1) is 22.4 Å². The average molecular weight is 541 g/mol. The van der Waals surface area contributed by atoms with Gasteiger partial charge in [-0.15, -0.1) is 0 Å². The van der Waals surface area contributed by atoms with Gasteiger partial charge in [0.2, 0.25) is 0 Å². The van der Waals surface area contributed by atoms with Gasteiger partial charge in [-0.1, -0.05) is 128 Å². The number of hydrogen-bond donors (Lipinski definition) is 0. The standard InChI is InChI=1S/C38H28N2Si/c1-41(2)35-11-7-6-10-31(35)32-24-30(20-23-36(32)41)25-12-14-27(15-13-25)34-22-19-29-17-16-28-18-21-33(26-8-4-3-5-9-26)39-37(28)38(29)40-34/h3-24H,1-2H3. The smallest absolute Gasteiger partial charge is 0.113 e. The minimum atomic E-state index is -1.64. The van der Waals surface area contributed by atoms with E-state index in [0.29, 0.717) is 0 Å². The van der Waals surface area contributed by atoms with E-state index in [4.69, 9.17) is 9.97 Å². The van der Waals surface area contributed by atoms with E-state index < -0.39 is 8.07 Å². The largest absolute Gasteiger partial charge is 0.245 e. The van der Waals surface area contributed by atoms with Crippen molar-refractivity contribution in [1.29, 1.82) is 0 Å². The molecule has 0 saturated heterocycles. The van der Waals surface area contributed by atoms with E-state index in [1.165, 1.54) is 27.4 Å². The summed E-state index contributed by atoms with van der Waals surface area (Å²) in [5.74, 6) is 0. The highest BCUT2D eigenvalue weighted by atomic mass is 28.3. The van der Waals surface area contributed by atoms with Crippen LogP contribution in [0.1, 0.15) is 0 Å². The quantitative estimate of drug-likeness (QED) is 0.166. The fourth-order valence-electron chi connectivity index (χ4n) is 6.43. The summed E-state index contributed by atoms with van der Waals surface area (Å²) in [5, 5.41) is 5.28. The molecule has 8 rings (SSSR count). The van der Waals surface area contributed by atoms with Crippen molar-refractivity contribution in [2.75, 3.05) is 0 Å². The molecule has 2 nitrogen and oxygen atoms in total. The number of benzene rings is 5. The summed E-state index contributed by atoms with van der Waals surface area (Å²) in [4.78, 5) is 10.2. The summed E-state index contributed by atoms with van der Waals surface area (Å²) in [6.07, 6.45) is 0. The van der Waals surface area contributed by atoms with Crippen molar-refractivity contribution >= 4 is 40.3 Å². The molecule has 0 fully saturated rings. The molecule has 41 heavy (non-hydrogen) atoms. The van der Waals surface area contributed by atoms with Gasteiger partial charge in [-0.05, 0) is 50.8 Å². The zero-order valence-electron chi connectivity index (χ0n) is 23.1. The second-order valence-corrected chi connectivity index (χ2v) is 15.8. The lowest BCUT2D eigenvalue weighted by molar-refractivity contribution is 1.36. The van der Waals surface area contributed by atoms with E-state index in [1.54, 1.807) is 5.19 Å². The van der Waals surface area contributed by atoms with E-state index in [-0.39, 0.29) is 0 Å². The number of aromatic nitrogens is 2. The first-order valence-electron chi connectivity index (χ1n) is 14.2. The van der Waals surface area contributed by atoms with Gasteiger partial charge in [0.15, 0.2) is 0 Å². The van der Waals surface area contributed by atoms with Crippen LogP contribution in [0.15, 0.2) is 133 Å². The zero-order valence-corrected chi connectivity index (χ0v) is 24.1. The maximum atomic E-state index is 5.14. The molecule has 3 heteroatoms. The molecule has 0 radical (unpaired) electrons. The molecule has 194 valence electrons. The highest BCUT2D eigenvalue weighted by Gasteiger charge is 2.37. The van der Waals surface area contributed by atoms with Crippen molar-refractivity contribution in [2.45, 2.75) is 13.1 Å². The average Bonchev–Trinajstić information content (AvgIpc) is 3.27. The summed E-state index contributed by atoms with van der Waals surface area (Å²) in [5.41, 5.74) is 11.3. The Morgan fingerprint density at radius 1 is 0.415 bits per heavy atom. The van der Waals surface area contributed by atoms with Crippen molar-refractivity contribution in [1.82, 2.24) is 9.97 Å². The first-order valence-corrected chi connectivity index (χ1v) is 17.2. The Balaban J connectivity index is 1.18. The molecule has 0 atom stereocenters. The first kappa shape index (κ1) is 24.0. The van der Waals surface area contributed by atoms with Crippen molar-refractivity contribution in [3.05, 3.63) is 133 Å². The Morgan fingerprint density at radius 3 is 1.61 bits per heavy atom. The summed E-state index contributed by atoms with van der Waals surface area (Å²) in [6, 6.07) is 48.0. The van der Waals surface area contributed by atoms with Crippen LogP contribution in [0.3, 0.4) is 0 Å². The molecule has 0 unspecified atom stereocenters. The molecule has 0 amide bonds. The fourth-order valence-corrected chi connectivity index (χ4v) is 9.51. The van der Waals surface area contributed by atoms with Crippen LogP contribution in [0.2, 0.25) is 13.1 Å². The second kappa shape index (κ2) is 9.08. The van der Waals surface area contributed by atoms with Gasteiger partial charge in [0.25, 0.3) is 0 Å². The predicted octanol–water partition coefficient (Wildman–Crippen LogP) is 8.59. The normalized spacial score (nSPS) is 13.3. The van der Waals surface area contributed by atoms with E-state index in [9.17, 15) is 0 Å². The Kier molecular flexibility index (Phi) is 5.31. The van der Waals surface area contributed by atoms with Crippen molar-refractivity contribution in [2.24, 2.45) is 0 Å². The van der Waals surface area contributed by atoms with E-state index in [2.05, 4.69) is 140 Å². The number of rotatable bonds is 3. The van der Waals surface area contributed by atoms with Crippen LogP contribution in [-0.2, 0) is 0 Å². The topological polar surface area (TPSA) is 25.8 Å². The van der Waals surface area contributed by atoms with E-state index in [1.807, 2.05) is 6.07 Å². The Labute approximate surface area is 241 Å². The third-order valence-electron chi connectivity index (χ3n) is 8.69. The molecular formula is C38H28N2Si. The molecule has 0 saturated carbocycles. The summed E-state index contributed by atoms with van der Waals surface area (Å²) >= 11 is 0. The zero-order chi connectivity index (χ0) is 27.6. The molecule has 0 N–H and O–H groups in total. The van der Waals surface area contributed by atoms with Gasteiger partial charge < -0.3 is 0 Å². The third kappa shape index (κ3) is 3.85. The lowest BCUT2D eigenvalue weighted by Crippen LogP contribution is -2.49. The summed E-state index contributed by atoms with van der Waals surface area (Å²) in [7, 11) is -1.64. The van der Waals surface area contributed by atoms with Crippen LogP contribution in [0, 0.1) is 0 Å². The van der Waals surface area contributed by atoms with Crippen LogP contribution in [0.25, 0.3) is 66.6 Å². The monoisotopic (exact) mass is 540 g/mol. The Hall–Kier alpha value is -4.86. The van der Waals surface area contributed by atoms with Gasteiger partial charge in [0.1, 0.15) is 8.07 Å². The van der Waals surface area contributed by atoms with Crippen molar-refractivity contribution in [3.8, 4) is 44.8 Å². The number of nitrogens with zero attached hydrogens (tertiary/aromatic N) is 2. The van der Waals surface area contributed by atoms with Crippen LogP contribution in [0.4, 0.5) is 0 Å². The van der Waals surface area contributed by atoms with E-state index >= 15 is 0 Å². The Morgan fingerprint density at radius 2 is 0.927 bits per heavy atom. The molecular weight excluding hydrogens is 513 g/mol. The van der Waals surface area contributed by atoms with E-state index in [0.717, 1.165) is 44.3 Å². The molecule has 3 heterocycles. The Bertz CT molecular complexity index is 2110. The number of fused-ring (bicyclic) bond motifs is 6. The summed E-state index contributed by atoms with van der Waals surface area (Å²) < 4.78 is 0. The highest BCUT2D eigenvalue weighted by Crippen LogP contribution is 2.33. The molecule has 2 aromatic heterocycles. The van der Waals surface area contributed by atoms with Gasteiger partial charge in [-0.2, -0.15) is 0 Å². The maximum Gasteiger partial charge on any atom is 0.113 e. The SMILES string of the molecule is C[Si]1(C)c2ccccc2-c2cc(-c3ccc(-c4ccc5ccc6ccc(-c7ccccc7)nc6c5n4)cc3)ccc21. The minimum absolute atomic E-state index is 0.936. The molecule has 5 aromatic carbocycles. The van der Waals surface area contributed by atoms with Crippen molar-refractivity contribution < 1.29 is 0 Å². The molecule has 7 aromatic rings. The number of pyridine rings is 2. The van der Waals surface area contributed by atoms with Gasteiger partial charge in [0, 0.05) is 21.9 Å². The van der Waals surface area contributed by atoms with Gasteiger partial charge >= 0.3 is 0 Å². The minimum Gasteiger partial charge on any atom is -0.245 e. The highest BCUT2D eigenvalue weighted by molar-refractivity contribution is 7.03. The number of hydrogen-bond acceptors (Lipinski definition) is 2. The van der Waals surface area contributed by atoms with Crippen molar-refractivity contribution in [3.63, 3.8) is 0 Å². The second-order valence-electron chi connectivity index (χ2n) is 11.5. The van der Waals surface area contributed by atoms with Crippen LogP contribution in [0.5, 0.6) is 0 Å². The predicted molar refractivity (Wildman–Crippen MR) is 176 cm³/mol. The third-order valence-corrected chi connectivity index (χ3v) is 12.3. The van der Waals surface area contributed by atoms with Crippen LogP contribution in [-0.4, -0.2) is 18.0 Å². The maximum absolute atomic E-state index is 5.14.